The van der Waals surface area contributed by atoms with Crippen molar-refractivity contribution in [2.75, 3.05) is 12.3 Å². The van der Waals surface area contributed by atoms with E-state index in [1.54, 1.807) is 16.7 Å². The predicted molar refractivity (Wildman–Crippen MR) is 147 cm³/mol. The van der Waals surface area contributed by atoms with Crippen molar-refractivity contribution in [3.8, 4) is 0 Å². The molecule has 0 aromatic heterocycles. The number of carbonyl (C=O) groups excluding carboxylic acids is 2. The Bertz CT molecular complexity index is 1090. The lowest BCUT2D eigenvalue weighted by Gasteiger charge is -2.31. The standard InChI is InChI=1S/C29H33ClN2O2S/c1-3-17-31-29(34)27(18-23-9-5-4-6-10-23)32(19-25-11-7-8-12-26(25)30)28(33)21-35-20-24-15-13-22(2)14-16-24/h4-16,27H,3,17-21H2,1-2H3,(H,31,34)/t27-/m1/s1. The second-order valence-corrected chi connectivity index (χ2v) is 9.98. The molecule has 0 unspecified atom stereocenters. The molecular formula is C29H33ClN2O2S. The minimum Gasteiger partial charge on any atom is -0.354 e. The van der Waals surface area contributed by atoms with E-state index < -0.39 is 6.04 Å². The van der Waals surface area contributed by atoms with Crippen LogP contribution >= 0.6 is 23.4 Å². The first-order valence-electron chi connectivity index (χ1n) is 12.0. The Balaban J connectivity index is 1.83. The fraction of sp³-hybridized carbons (Fsp3) is 0.310. The van der Waals surface area contributed by atoms with E-state index in [9.17, 15) is 9.59 Å². The molecule has 0 saturated heterocycles. The number of hydrogen-bond acceptors (Lipinski definition) is 3. The van der Waals surface area contributed by atoms with E-state index in [1.165, 1.54) is 11.1 Å². The Labute approximate surface area is 218 Å². The number of benzene rings is 3. The van der Waals surface area contributed by atoms with E-state index in [-0.39, 0.29) is 24.1 Å². The topological polar surface area (TPSA) is 49.4 Å². The highest BCUT2D eigenvalue weighted by molar-refractivity contribution is 7.99. The summed E-state index contributed by atoms with van der Waals surface area (Å²) in [6.45, 7) is 4.92. The molecule has 0 aliphatic carbocycles. The van der Waals surface area contributed by atoms with Gasteiger partial charge in [-0.3, -0.25) is 9.59 Å². The van der Waals surface area contributed by atoms with E-state index >= 15 is 0 Å². The maximum absolute atomic E-state index is 13.6. The molecule has 6 heteroatoms. The summed E-state index contributed by atoms with van der Waals surface area (Å²) in [6.07, 6.45) is 1.27. The zero-order valence-corrected chi connectivity index (χ0v) is 21.9. The lowest BCUT2D eigenvalue weighted by molar-refractivity contribution is -0.139. The number of halogens is 1. The number of thioether (sulfide) groups is 1. The van der Waals surface area contributed by atoms with Gasteiger partial charge in [-0.1, -0.05) is 96.9 Å². The predicted octanol–water partition coefficient (Wildman–Crippen LogP) is 6.05. The Hall–Kier alpha value is -2.76. The van der Waals surface area contributed by atoms with Crippen LogP contribution < -0.4 is 5.32 Å². The molecule has 0 bridgehead atoms. The fourth-order valence-corrected chi connectivity index (χ4v) is 4.82. The van der Waals surface area contributed by atoms with Crippen LogP contribution in [0.2, 0.25) is 5.02 Å². The van der Waals surface area contributed by atoms with Gasteiger partial charge in [0.2, 0.25) is 11.8 Å². The van der Waals surface area contributed by atoms with Gasteiger partial charge in [0.05, 0.1) is 5.75 Å². The zero-order valence-electron chi connectivity index (χ0n) is 20.4. The number of aryl methyl sites for hydroxylation is 1. The Morgan fingerprint density at radius 1 is 0.943 bits per heavy atom. The van der Waals surface area contributed by atoms with Gasteiger partial charge in [-0.15, -0.1) is 11.8 Å². The van der Waals surface area contributed by atoms with Crippen LogP contribution in [-0.4, -0.2) is 35.1 Å². The molecule has 0 saturated carbocycles. The van der Waals surface area contributed by atoms with Gasteiger partial charge in [0.15, 0.2) is 0 Å². The smallest absolute Gasteiger partial charge is 0.243 e. The summed E-state index contributed by atoms with van der Waals surface area (Å²) in [6, 6.07) is 25.0. The summed E-state index contributed by atoms with van der Waals surface area (Å²) in [5.74, 6) is 0.802. The lowest BCUT2D eigenvalue weighted by atomic mass is 10.0. The van der Waals surface area contributed by atoms with Crippen LogP contribution in [0.4, 0.5) is 0 Å². The molecular weight excluding hydrogens is 476 g/mol. The average Bonchev–Trinajstić information content (AvgIpc) is 2.87. The maximum atomic E-state index is 13.6. The summed E-state index contributed by atoms with van der Waals surface area (Å²) >= 11 is 8.02. The second kappa shape index (κ2) is 14.0. The molecule has 2 amide bonds. The minimum atomic E-state index is -0.632. The largest absolute Gasteiger partial charge is 0.354 e. The van der Waals surface area contributed by atoms with Crippen LogP contribution in [0.15, 0.2) is 78.9 Å². The second-order valence-electron chi connectivity index (χ2n) is 8.59. The molecule has 0 aliphatic rings. The van der Waals surface area contributed by atoms with Gasteiger partial charge in [0.1, 0.15) is 6.04 Å². The Morgan fingerprint density at radius 2 is 1.63 bits per heavy atom. The quantitative estimate of drug-likeness (QED) is 0.324. The molecule has 3 aromatic carbocycles. The summed E-state index contributed by atoms with van der Waals surface area (Å²) in [5, 5.41) is 3.59. The van der Waals surface area contributed by atoms with Crippen molar-refractivity contribution >= 4 is 35.2 Å². The third-order valence-electron chi connectivity index (χ3n) is 5.73. The van der Waals surface area contributed by atoms with Gasteiger partial charge >= 0.3 is 0 Å². The van der Waals surface area contributed by atoms with Crippen LogP contribution in [0, 0.1) is 6.92 Å². The van der Waals surface area contributed by atoms with Crippen molar-refractivity contribution in [2.45, 2.75) is 45.0 Å². The molecule has 184 valence electrons. The highest BCUT2D eigenvalue weighted by atomic mass is 35.5. The summed E-state index contributed by atoms with van der Waals surface area (Å²) in [7, 11) is 0. The number of hydrogen-bond donors (Lipinski definition) is 1. The molecule has 0 fully saturated rings. The van der Waals surface area contributed by atoms with Crippen molar-refractivity contribution in [2.24, 2.45) is 0 Å². The van der Waals surface area contributed by atoms with Crippen LogP contribution in [0.25, 0.3) is 0 Å². The normalized spacial score (nSPS) is 11.6. The van der Waals surface area contributed by atoms with Gasteiger partial charge < -0.3 is 10.2 Å². The first kappa shape index (κ1) is 26.8. The molecule has 1 N–H and O–H groups in total. The third-order valence-corrected chi connectivity index (χ3v) is 7.09. The molecule has 0 spiro atoms. The number of amides is 2. The van der Waals surface area contributed by atoms with E-state index in [1.807, 2.05) is 61.5 Å². The van der Waals surface area contributed by atoms with Gasteiger partial charge in [0, 0.05) is 30.3 Å². The first-order chi connectivity index (χ1) is 17.0. The zero-order chi connectivity index (χ0) is 25.0. The molecule has 0 heterocycles. The van der Waals surface area contributed by atoms with Crippen LogP contribution in [0.1, 0.15) is 35.6 Å². The highest BCUT2D eigenvalue weighted by Crippen LogP contribution is 2.22. The first-order valence-corrected chi connectivity index (χ1v) is 13.5. The SMILES string of the molecule is CCCNC(=O)[C@@H](Cc1ccccc1)N(Cc1ccccc1Cl)C(=O)CSCc1ccc(C)cc1. The maximum Gasteiger partial charge on any atom is 0.243 e. The van der Waals surface area contributed by atoms with E-state index in [0.29, 0.717) is 18.0 Å². The molecule has 1 atom stereocenters. The molecule has 4 nitrogen and oxygen atoms in total. The number of nitrogens with one attached hydrogen (secondary N) is 1. The highest BCUT2D eigenvalue weighted by Gasteiger charge is 2.30. The van der Waals surface area contributed by atoms with Crippen molar-refractivity contribution in [1.29, 1.82) is 0 Å². The third kappa shape index (κ3) is 8.44. The van der Waals surface area contributed by atoms with E-state index in [0.717, 1.165) is 23.3 Å². The molecule has 35 heavy (non-hydrogen) atoms. The van der Waals surface area contributed by atoms with Gasteiger partial charge in [0.25, 0.3) is 0 Å². The summed E-state index contributed by atoms with van der Waals surface area (Å²) in [5.41, 5.74) is 4.22. The molecule has 3 aromatic rings. The Kier molecular flexibility index (Phi) is 10.7. The van der Waals surface area contributed by atoms with Crippen molar-refractivity contribution in [1.82, 2.24) is 10.2 Å². The van der Waals surface area contributed by atoms with Crippen LogP contribution in [-0.2, 0) is 28.3 Å². The summed E-state index contributed by atoms with van der Waals surface area (Å²) in [4.78, 5) is 28.6. The Morgan fingerprint density at radius 3 is 2.31 bits per heavy atom. The number of carbonyl (C=O) groups is 2. The fourth-order valence-electron chi connectivity index (χ4n) is 3.75. The molecule has 0 aliphatic heterocycles. The summed E-state index contributed by atoms with van der Waals surface area (Å²) < 4.78 is 0. The number of nitrogens with zero attached hydrogens (tertiary/aromatic N) is 1. The number of rotatable bonds is 12. The van der Waals surface area contributed by atoms with E-state index in [4.69, 9.17) is 11.6 Å². The van der Waals surface area contributed by atoms with Gasteiger partial charge in [-0.05, 0) is 36.1 Å². The minimum absolute atomic E-state index is 0.0744. The van der Waals surface area contributed by atoms with Crippen LogP contribution in [0.3, 0.4) is 0 Å². The molecule has 3 rings (SSSR count). The van der Waals surface area contributed by atoms with E-state index in [2.05, 4.69) is 36.5 Å². The molecule has 0 radical (unpaired) electrons. The van der Waals surface area contributed by atoms with Gasteiger partial charge in [-0.25, -0.2) is 0 Å². The van der Waals surface area contributed by atoms with Crippen molar-refractivity contribution < 1.29 is 9.59 Å². The monoisotopic (exact) mass is 508 g/mol. The van der Waals surface area contributed by atoms with Crippen molar-refractivity contribution in [3.05, 3.63) is 106 Å². The van der Waals surface area contributed by atoms with Gasteiger partial charge in [-0.2, -0.15) is 0 Å². The lowest BCUT2D eigenvalue weighted by Crippen LogP contribution is -2.51. The van der Waals surface area contributed by atoms with Crippen molar-refractivity contribution in [3.63, 3.8) is 0 Å². The van der Waals surface area contributed by atoms with Crippen LogP contribution in [0.5, 0.6) is 0 Å². The average molecular weight is 509 g/mol.